The van der Waals surface area contributed by atoms with E-state index in [4.69, 9.17) is 18.9 Å². The van der Waals surface area contributed by atoms with Crippen molar-refractivity contribution in [2.24, 2.45) is 0 Å². The summed E-state index contributed by atoms with van der Waals surface area (Å²) in [6, 6.07) is 0. The molecule has 2 heterocycles. The molecule has 1 unspecified atom stereocenters. The fourth-order valence-electron chi connectivity index (χ4n) is 4.48. The van der Waals surface area contributed by atoms with Crippen LogP contribution in [-0.2, 0) is 18.9 Å². The van der Waals surface area contributed by atoms with E-state index in [1.165, 1.54) is 44.9 Å². The fraction of sp³-hybridized carbons (Fsp3) is 1.00. The molecule has 0 spiro atoms. The van der Waals surface area contributed by atoms with Gasteiger partial charge in [-0.05, 0) is 6.42 Å². The molecule has 2 saturated heterocycles. The Balaban J connectivity index is 1.74. The van der Waals surface area contributed by atoms with Crippen LogP contribution in [0.1, 0.15) is 71.1 Å². The summed E-state index contributed by atoms with van der Waals surface area (Å²) in [6.07, 6.45) is -2.63. The van der Waals surface area contributed by atoms with Crippen molar-refractivity contribution < 1.29 is 54.7 Å². The van der Waals surface area contributed by atoms with Gasteiger partial charge in [0.25, 0.3) is 0 Å². The molecule has 35 heavy (non-hydrogen) atoms. The lowest BCUT2D eigenvalue weighted by atomic mass is 9.97. The van der Waals surface area contributed by atoms with Crippen molar-refractivity contribution in [3.63, 3.8) is 0 Å². The summed E-state index contributed by atoms with van der Waals surface area (Å²) < 4.78 is 22.0. The molecule has 11 nitrogen and oxygen atoms in total. The van der Waals surface area contributed by atoms with E-state index in [1.807, 2.05) is 0 Å². The molecule has 0 radical (unpaired) electrons. The van der Waals surface area contributed by atoms with E-state index in [-0.39, 0.29) is 0 Å². The van der Waals surface area contributed by atoms with E-state index in [9.17, 15) is 35.7 Å². The third-order valence-corrected chi connectivity index (χ3v) is 6.74. The molecule has 0 bridgehead atoms. The fourth-order valence-corrected chi connectivity index (χ4v) is 4.48. The lowest BCUT2D eigenvalue weighted by Gasteiger charge is -2.45. The molecule has 10 atom stereocenters. The average Bonchev–Trinajstić information content (AvgIpc) is 2.86. The van der Waals surface area contributed by atoms with Crippen LogP contribution in [0, 0.1) is 0 Å². The van der Waals surface area contributed by atoms with Gasteiger partial charge in [0.2, 0.25) is 0 Å². The molecule has 0 aliphatic carbocycles. The summed E-state index contributed by atoms with van der Waals surface area (Å²) in [6.45, 7) is 1.31. The molecule has 0 amide bonds. The van der Waals surface area contributed by atoms with Crippen LogP contribution in [0.25, 0.3) is 0 Å². The van der Waals surface area contributed by atoms with E-state index in [1.54, 1.807) is 0 Å². The van der Waals surface area contributed by atoms with Gasteiger partial charge in [0, 0.05) is 6.61 Å². The van der Waals surface area contributed by atoms with Gasteiger partial charge in [-0.1, -0.05) is 64.7 Å². The molecular weight excluding hydrogens is 464 g/mol. The monoisotopic (exact) mass is 510 g/mol. The van der Waals surface area contributed by atoms with Gasteiger partial charge in [0.15, 0.2) is 12.6 Å². The average molecular weight is 511 g/mol. The molecule has 2 aliphatic rings. The van der Waals surface area contributed by atoms with Crippen molar-refractivity contribution in [3.05, 3.63) is 0 Å². The van der Waals surface area contributed by atoms with Crippen LogP contribution in [-0.4, -0.2) is 117 Å². The third kappa shape index (κ3) is 9.11. The second-order valence-corrected chi connectivity index (χ2v) is 9.56. The van der Waals surface area contributed by atoms with E-state index in [0.29, 0.717) is 6.61 Å². The van der Waals surface area contributed by atoms with Gasteiger partial charge in [-0.25, -0.2) is 0 Å². The number of ether oxygens (including phenoxy) is 4. The Hall–Kier alpha value is -0.440. The van der Waals surface area contributed by atoms with Crippen molar-refractivity contribution in [2.45, 2.75) is 133 Å². The summed E-state index contributed by atoms with van der Waals surface area (Å²) in [7, 11) is 0. The Morgan fingerprint density at radius 2 is 1.09 bits per heavy atom. The topological polar surface area (TPSA) is 179 Å². The summed E-state index contributed by atoms with van der Waals surface area (Å²) in [5, 5.41) is 70.1. The molecule has 0 aromatic carbocycles. The summed E-state index contributed by atoms with van der Waals surface area (Å²) in [4.78, 5) is 0. The van der Waals surface area contributed by atoms with E-state index in [2.05, 4.69) is 6.92 Å². The first-order valence-corrected chi connectivity index (χ1v) is 13.1. The molecule has 0 aromatic heterocycles. The lowest BCUT2D eigenvalue weighted by Crippen LogP contribution is -2.64. The van der Waals surface area contributed by atoms with Crippen LogP contribution in [0.2, 0.25) is 0 Å². The molecule has 2 aliphatic heterocycles. The molecule has 2 rings (SSSR count). The van der Waals surface area contributed by atoms with Gasteiger partial charge < -0.3 is 54.7 Å². The zero-order chi connectivity index (χ0) is 25.8. The number of aliphatic hydroxyl groups excluding tert-OH is 7. The molecular formula is C24H46O11. The molecule has 0 aromatic rings. The normalized spacial score (nSPS) is 38.1. The predicted octanol–water partition coefficient (Wildman–Crippen LogP) is -0.452. The molecule has 7 N–H and O–H groups in total. The number of hydrogen-bond acceptors (Lipinski definition) is 11. The zero-order valence-corrected chi connectivity index (χ0v) is 20.7. The largest absolute Gasteiger partial charge is 0.394 e. The minimum absolute atomic E-state index is 0.321. The summed E-state index contributed by atoms with van der Waals surface area (Å²) in [5.41, 5.74) is 0. The Bertz CT molecular complexity index is 550. The second-order valence-electron chi connectivity index (χ2n) is 9.56. The van der Waals surface area contributed by atoms with Crippen molar-refractivity contribution in [3.8, 4) is 0 Å². The standard InChI is InChI=1S/C24H46O11/c1-2-3-4-5-6-7-8-9-10-11-12-32-23-21(31)19(29)22(16(14-26)34-23)35-24-20(30)18(28)17(27)15(13-25)33-24/h15-31H,2-14H2,1H3/t15-,16-,17-,18+,19-,20-,21-,22-,23?,24+/m1/s1. The van der Waals surface area contributed by atoms with Crippen molar-refractivity contribution in [1.29, 1.82) is 0 Å². The van der Waals surface area contributed by atoms with Gasteiger partial charge in [-0.15, -0.1) is 0 Å². The van der Waals surface area contributed by atoms with Crippen LogP contribution >= 0.6 is 0 Å². The molecule has 11 heteroatoms. The van der Waals surface area contributed by atoms with Gasteiger partial charge in [-0.3, -0.25) is 0 Å². The number of rotatable bonds is 16. The first kappa shape index (κ1) is 30.8. The second kappa shape index (κ2) is 16.4. The highest BCUT2D eigenvalue weighted by molar-refractivity contribution is 4.94. The van der Waals surface area contributed by atoms with Crippen LogP contribution in [0.5, 0.6) is 0 Å². The lowest BCUT2D eigenvalue weighted by molar-refractivity contribution is -0.359. The highest BCUT2D eigenvalue weighted by Gasteiger charge is 2.50. The van der Waals surface area contributed by atoms with Crippen LogP contribution < -0.4 is 0 Å². The predicted molar refractivity (Wildman–Crippen MR) is 124 cm³/mol. The summed E-state index contributed by atoms with van der Waals surface area (Å²) in [5.74, 6) is 0. The van der Waals surface area contributed by atoms with Gasteiger partial charge >= 0.3 is 0 Å². The van der Waals surface area contributed by atoms with E-state index in [0.717, 1.165) is 19.3 Å². The maximum absolute atomic E-state index is 10.6. The van der Waals surface area contributed by atoms with Crippen LogP contribution in [0.3, 0.4) is 0 Å². The quantitative estimate of drug-likeness (QED) is 0.134. The van der Waals surface area contributed by atoms with Crippen molar-refractivity contribution in [2.75, 3.05) is 19.8 Å². The summed E-state index contributed by atoms with van der Waals surface area (Å²) >= 11 is 0. The van der Waals surface area contributed by atoms with Gasteiger partial charge in [0.1, 0.15) is 48.8 Å². The highest BCUT2D eigenvalue weighted by atomic mass is 16.7. The first-order valence-electron chi connectivity index (χ1n) is 13.1. The zero-order valence-electron chi connectivity index (χ0n) is 20.7. The van der Waals surface area contributed by atoms with Gasteiger partial charge in [-0.2, -0.15) is 0 Å². The first-order chi connectivity index (χ1) is 16.8. The Labute approximate surface area is 207 Å². The maximum Gasteiger partial charge on any atom is 0.187 e. The molecule has 208 valence electrons. The minimum Gasteiger partial charge on any atom is -0.394 e. The van der Waals surface area contributed by atoms with Crippen molar-refractivity contribution in [1.82, 2.24) is 0 Å². The number of unbranched alkanes of at least 4 members (excludes halogenated alkanes) is 9. The SMILES string of the molecule is CCCCCCCCCCCCOC1O[C@H](CO)[C@@H](O[C@@H]2O[C@H](CO)[C@@H](O)[C@H](O)[C@H]2O)[C@H](O)[C@H]1O. The van der Waals surface area contributed by atoms with E-state index < -0.39 is 74.6 Å². The number of hydrogen-bond donors (Lipinski definition) is 7. The molecule has 0 saturated carbocycles. The smallest absolute Gasteiger partial charge is 0.187 e. The Kier molecular flexibility index (Phi) is 14.4. The van der Waals surface area contributed by atoms with Gasteiger partial charge in [0.05, 0.1) is 13.2 Å². The minimum atomic E-state index is -1.69. The maximum atomic E-state index is 10.6. The van der Waals surface area contributed by atoms with Crippen LogP contribution in [0.4, 0.5) is 0 Å². The third-order valence-electron chi connectivity index (χ3n) is 6.74. The Morgan fingerprint density at radius 1 is 0.571 bits per heavy atom. The molecule has 2 fully saturated rings. The highest BCUT2D eigenvalue weighted by Crippen LogP contribution is 2.29. The van der Waals surface area contributed by atoms with Crippen molar-refractivity contribution >= 4 is 0 Å². The number of aliphatic hydroxyl groups is 7. The van der Waals surface area contributed by atoms with Crippen LogP contribution in [0.15, 0.2) is 0 Å². The Morgan fingerprint density at radius 3 is 1.66 bits per heavy atom. The van der Waals surface area contributed by atoms with E-state index >= 15 is 0 Å².